The van der Waals surface area contributed by atoms with Gasteiger partial charge in [0.1, 0.15) is 0 Å². The quantitative estimate of drug-likeness (QED) is 0.772. The Morgan fingerprint density at radius 3 is 2.64 bits per heavy atom. The van der Waals surface area contributed by atoms with Crippen molar-refractivity contribution in [1.82, 2.24) is 4.98 Å². The lowest BCUT2D eigenvalue weighted by atomic mass is 9.99. The molecule has 1 heterocycles. The standard InChI is InChI=1S/C11H18N2O/c1-4-7-11(2,3)13-9-5-6-10(14)12-8-9/h5-6,8,13H,4,7H2,1-3H3,(H,12,14). The molecule has 3 heteroatoms. The summed E-state index contributed by atoms with van der Waals surface area (Å²) in [6, 6.07) is 3.33. The fourth-order valence-corrected chi connectivity index (χ4v) is 1.57. The molecule has 0 aliphatic rings. The number of aromatic nitrogens is 1. The number of pyridine rings is 1. The highest BCUT2D eigenvalue weighted by atomic mass is 16.1. The summed E-state index contributed by atoms with van der Waals surface area (Å²) in [6.45, 7) is 6.47. The first-order chi connectivity index (χ1) is 6.53. The SMILES string of the molecule is CCCC(C)(C)Nc1ccc(=O)[nH]c1. The molecular formula is C11H18N2O. The van der Waals surface area contributed by atoms with Gasteiger partial charge in [-0.05, 0) is 26.3 Å². The molecule has 0 unspecified atom stereocenters. The van der Waals surface area contributed by atoms with Crippen molar-refractivity contribution in [2.75, 3.05) is 5.32 Å². The number of aromatic amines is 1. The molecule has 78 valence electrons. The van der Waals surface area contributed by atoms with E-state index in [4.69, 9.17) is 0 Å². The fourth-order valence-electron chi connectivity index (χ4n) is 1.57. The van der Waals surface area contributed by atoms with Gasteiger partial charge in [-0.25, -0.2) is 0 Å². The van der Waals surface area contributed by atoms with Crippen molar-refractivity contribution >= 4 is 5.69 Å². The lowest BCUT2D eigenvalue weighted by Crippen LogP contribution is -2.30. The molecule has 0 bridgehead atoms. The minimum Gasteiger partial charge on any atom is -0.379 e. The van der Waals surface area contributed by atoms with Gasteiger partial charge in [0, 0.05) is 17.8 Å². The van der Waals surface area contributed by atoms with Crippen LogP contribution in [0.5, 0.6) is 0 Å². The van der Waals surface area contributed by atoms with E-state index in [-0.39, 0.29) is 11.1 Å². The minimum absolute atomic E-state index is 0.0659. The molecule has 0 saturated heterocycles. The first kappa shape index (κ1) is 10.8. The second-order valence-electron chi connectivity index (χ2n) is 4.20. The van der Waals surface area contributed by atoms with E-state index in [0.717, 1.165) is 18.5 Å². The van der Waals surface area contributed by atoms with Crippen molar-refractivity contribution in [2.45, 2.75) is 39.2 Å². The van der Waals surface area contributed by atoms with E-state index in [1.54, 1.807) is 12.3 Å². The maximum absolute atomic E-state index is 10.8. The number of H-pyrrole nitrogens is 1. The Balaban J connectivity index is 2.68. The molecule has 0 aliphatic carbocycles. The zero-order chi connectivity index (χ0) is 10.6. The second kappa shape index (κ2) is 4.31. The highest BCUT2D eigenvalue weighted by molar-refractivity contribution is 5.42. The van der Waals surface area contributed by atoms with Crippen LogP contribution in [0.1, 0.15) is 33.6 Å². The van der Waals surface area contributed by atoms with Crippen LogP contribution in [-0.4, -0.2) is 10.5 Å². The summed E-state index contributed by atoms with van der Waals surface area (Å²) >= 11 is 0. The van der Waals surface area contributed by atoms with E-state index < -0.39 is 0 Å². The monoisotopic (exact) mass is 194 g/mol. The maximum Gasteiger partial charge on any atom is 0.248 e. The summed E-state index contributed by atoms with van der Waals surface area (Å²) in [5.74, 6) is 0. The van der Waals surface area contributed by atoms with E-state index in [1.165, 1.54) is 6.07 Å². The number of nitrogens with one attached hydrogen (secondary N) is 2. The van der Waals surface area contributed by atoms with Gasteiger partial charge in [-0.3, -0.25) is 4.79 Å². The Bertz CT molecular complexity index is 321. The van der Waals surface area contributed by atoms with Crippen LogP contribution >= 0.6 is 0 Å². The third-order valence-corrected chi connectivity index (χ3v) is 2.14. The van der Waals surface area contributed by atoms with E-state index in [9.17, 15) is 4.79 Å². The van der Waals surface area contributed by atoms with Gasteiger partial charge in [0.15, 0.2) is 0 Å². The maximum atomic E-state index is 10.8. The summed E-state index contributed by atoms with van der Waals surface area (Å²) in [7, 11) is 0. The zero-order valence-electron chi connectivity index (χ0n) is 9.05. The summed E-state index contributed by atoms with van der Waals surface area (Å²) in [6.07, 6.45) is 3.95. The van der Waals surface area contributed by atoms with Gasteiger partial charge < -0.3 is 10.3 Å². The second-order valence-corrected chi connectivity index (χ2v) is 4.20. The Morgan fingerprint density at radius 1 is 1.43 bits per heavy atom. The molecule has 0 atom stereocenters. The van der Waals surface area contributed by atoms with Crippen molar-refractivity contribution in [3.63, 3.8) is 0 Å². The van der Waals surface area contributed by atoms with E-state index in [0.29, 0.717) is 0 Å². The highest BCUT2D eigenvalue weighted by Gasteiger charge is 2.15. The molecule has 1 aromatic heterocycles. The van der Waals surface area contributed by atoms with Crippen molar-refractivity contribution in [3.8, 4) is 0 Å². The normalized spacial score (nSPS) is 11.4. The number of hydrogen-bond donors (Lipinski definition) is 2. The zero-order valence-corrected chi connectivity index (χ0v) is 9.05. The molecule has 0 fully saturated rings. The van der Waals surface area contributed by atoms with Crippen LogP contribution in [0.15, 0.2) is 23.1 Å². The Kier molecular flexibility index (Phi) is 3.33. The van der Waals surface area contributed by atoms with Crippen LogP contribution in [0.3, 0.4) is 0 Å². The van der Waals surface area contributed by atoms with Gasteiger partial charge in [-0.1, -0.05) is 13.3 Å². The minimum atomic E-state index is -0.0659. The van der Waals surface area contributed by atoms with Crippen molar-refractivity contribution in [1.29, 1.82) is 0 Å². The van der Waals surface area contributed by atoms with E-state index >= 15 is 0 Å². The molecule has 0 aromatic carbocycles. The number of hydrogen-bond acceptors (Lipinski definition) is 2. The molecule has 0 aliphatic heterocycles. The average Bonchev–Trinajstić information content (AvgIpc) is 2.08. The molecule has 1 aromatic rings. The summed E-state index contributed by atoms with van der Waals surface area (Å²) < 4.78 is 0. The summed E-state index contributed by atoms with van der Waals surface area (Å²) in [5.41, 5.74) is 0.972. The smallest absolute Gasteiger partial charge is 0.248 e. The summed E-state index contributed by atoms with van der Waals surface area (Å²) in [4.78, 5) is 13.5. The molecular weight excluding hydrogens is 176 g/mol. The van der Waals surface area contributed by atoms with Gasteiger partial charge in [0.25, 0.3) is 0 Å². The molecule has 0 radical (unpaired) electrons. The largest absolute Gasteiger partial charge is 0.379 e. The van der Waals surface area contributed by atoms with Crippen LogP contribution in [0.2, 0.25) is 0 Å². The predicted octanol–water partition coefficient (Wildman–Crippen LogP) is 2.37. The van der Waals surface area contributed by atoms with Crippen molar-refractivity contribution in [3.05, 3.63) is 28.7 Å². The topological polar surface area (TPSA) is 44.9 Å². The third kappa shape index (κ3) is 3.24. The number of anilines is 1. The summed E-state index contributed by atoms with van der Waals surface area (Å²) in [5, 5.41) is 3.38. The Morgan fingerprint density at radius 2 is 2.14 bits per heavy atom. The van der Waals surface area contributed by atoms with Gasteiger partial charge >= 0.3 is 0 Å². The van der Waals surface area contributed by atoms with Crippen molar-refractivity contribution < 1.29 is 0 Å². The van der Waals surface area contributed by atoms with Gasteiger partial charge in [0.2, 0.25) is 5.56 Å². The lowest BCUT2D eigenvalue weighted by molar-refractivity contribution is 0.511. The molecule has 0 spiro atoms. The molecule has 3 nitrogen and oxygen atoms in total. The first-order valence-electron chi connectivity index (χ1n) is 5.00. The van der Waals surface area contributed by atoms with Gasteiger partial charge in [-0.2, -0.15) is 0 Å². The Labute approximate surface area is 84.6 Å². The molecule has 2 N–H and O–H groups in total. The number of rotatable bonds is 4. The van der Waals surface area contributed by atoms with Crippen LogP contribution in [0.25, 0.3) is 0 Å². The van der Waals surface area contributed by atoms with Gasteiger partial charge in [-0.15, -0.1) is 0 Å². The molecule has 14 heavy (non-hydrogen) atoms. The first-order valence-corrected chi connectivity index (χ1v) is 5.00. The van der Waals surface area contributed by atoms with Crippen LogP contribution < -0.4 is 10.9 Å². The van der Waals surface area contributed by atoms with Crippen LogP contribution in [0, 0.1) is 0 Å². The Hall–Kier alpha value is -1.25. The van der Waals surface area contributed by atoms with Gasteiger partial charge in [0.05, 0.1) is 5.69 Å². The predicted molar refractivity (Wildman–Crippen MR) is 59.7 cm³/mol. The lowest BCUT2D eigenvalue weighted by Gasteiger charge is -2.26. The molecule has 0 saturated carbocycles. The fraction of sp³-hybridized carbons (Fsp3) is 0.545. The average molecular weight is 194 g/mol. The van der Waals surface area contributed by atoms with E-state index in [1.807, 2.05) is 0 Å². The molecule has 1 rings (SSSR count). The van der Waals surface area contributed by atoms with Crippen molar-refractivity contribution in [2.24, 2.45) is 0 Å². The van der Waals surface area contributed by atoms with Crippen LogP contribution in [-0.2, 0) is 0 Å². The van der Waals surface area contributed by atoms with E-state index in [2.05, 4.69) is 31.1 Å². The molecule has 0 amide bonds. The van der Waals surface area contributed by atoms with Crippen LogP contribution in [0.4, 0.5) is 5.69 Å². The third-order valence-electron chi connectivity index (χ3n) is 2.14. The highest BCUT2D eigenvalue weighted by Crippen LogP contribution is 2.17.